The highest BCUT2D eigenvalue weighted by molar-refractivity contribution is 7.89. The smallest absolute Gasteiger partial charge is 0.211 e. The van der Waals surface area contributed by atoms with Crippen molar-refractivity contribution in [3.8, 4) is 0 Å². The van der Waals surface area contributed by atoms with Crippen LogP contribution in [-0.4, -0.2) is 15.0 Å². The standard InChI is InChI=1S/C16H18ClNO2S/c1-12-11-16(13(2)10-15(12)17)21(19,20)18-9-8-14-6-4-3-5-7-14/h3-7,10-11,18H,8-9H2,1-2H3. The first-order valence-electron chi connectivity index (χ1n) is 6.70. The first kappa shape index (κ1) is 16.0. The van der Waals surface area contributed by atoms with Gasteiger partial charge >= 0.3 is 0 Å². The third-order valence-corrected chi connectivity index (χ3v) is 5.30. The molecule has 5 heteroatoms. The fourth-order valence-corrected chi connectivity index (χ4v) is 3.66. The SMILES string of the molecule is Cc1cc(S(=O)(=O)NCCc2ccccc2)c(C)cc1Cl. The molecule has 1 N–H and O–H groups in total. The number of halogens is 1. The molecule has 0 aliphatic heterocycles. The number of hydrogen-bond donors (Lipinski definition) is 1. The number of sulfonamides is 1. The molecule has 3 nitrogen and oxygen atoms in total. The van der Waals surface area contributed by atoms with E-state index in [0.29, 0.717) is 23.6 Å². The third-order valence-electron chi connectivity index (χ3n) is 3.29. The lowest BCUT2D eigenvalue weighted by molar-refractivity contribution is 0.581. The highest BCUT2D eigenvalue weighted by Gasteiger charge is 2.17. The van der Waals surface area contributed by atoms with Gasteiger partial charge in [0.25, 0.3) is 0 Å². The van der Waals surface area contributed by atoms with Crippen LogP contribution in [0, 0.1) is 13.8 Å². The number of nitrogens with one attached hydrogen (secondary N) is 1. The van der Waals surface area contributed by atoms with E-state index in [1.165, 1.54) is 0 Å². The summed E-state index contributed by atoms with van der Waals surface area (Å²) in [6.45, 7) is 3.91. The molecule has 0 fully saturated rings. The van der Waals surface area contributed by atoms with Crippen molar-refractivity contribution in [2.75, 3.05) is 6.54 Å². The Hall–Kier alpha value is -1.36. The average molecular weight is 324 g/mol. The second kappa shape index (κ2) is 6.60. The van der Waals surface area contributed by atoms with E-state index >= 15 is 0 Å². The van der Waals surface area contributed by atoms with Crippen LogP contribution >= 0.6 is 11.6 Å². The Morgan fingerprint density at radius 1 is 1.05 bits per heavy atom. The van der Waals surface area contributed by atoms with E-state index in [0.717, 1.165) is 11.1 Å². The van der Waals surface area contributed by atoms with E-state index in [1.807, 2.05) is 30.3 Å². The predicted molar refractivity (Wildman–Crippen MR) is 86.3 cm³/mol. The molecule has 0 aliphatic rings. The Balaban J connectivity index is 2.10. The number of hydrogen-bond acceptors (Lipinski definition) is 2. The molecule has 21 heavy (non-hydrogen) atoms. The van der Waals surface area contributed by atoms with Crippen LogP contribution in [0.2, 0.25) is 5.02 Å². The van der Waals surface area contributed by atoms with Crippen LogP contribution in [0.1, 0.15) is 16.7 Å². The zero-order valence-corrected chi connectivity index (χ0v) is 13.6. The summed E-state index contributed by atoms with van der Waals surface area (Å²) < 4.78 is 27.3. The molecule has 0 bridgehead atoms. The lowest BCUT2D eigenvalue weighted by Crippen LogP contribution is -2.26. The summed E-state index contributed by atoms with van der Waals surface area (Å²) in [5.74, 6) is 0. The molecule has 2 aromatic rings. The molecular weight excluding hydrogens is 306 g/mol. The summed E-state index contributed by atoms with van der Waals surface area (Å²) in [4.78, 5) is 0.289. The number of benzene rings is 2. The first-order valence-corrected chi connectivity index (χ1v) is 8.56. The van der Waals surface area contributed by atoms with Crippen LogP contribution < -0.4 is 4.72 Å². The van der Waals surface area contributed by atoms with Gasteiger partial charge < -0.3 is 0 Å². The number of rotatable bonds is 5. The summed E-state index contributed by atoms with van der Waals surface area (Å²) in [5, 5.41) is 0.579. The van der Waals surface area contributed by atoms with Crippen LogP contribution in [0.4, 0.5) is 0 Å². The lowest BCUT2D eigenvalue weighted by Gasteiger charge is -2.11. The van der Waals surface area contributed by atoms with Crippen molar-refractivity contribution in [1.29, 1.82) is 0 Å². The van der Waals surface area contributed by atoms with E-state index < -0.39 is 10.0 Å². The second-order valence-corrected chi connectivity index (χ2v) is 7.14. The van der Waals surface area contributed by atoms with Crippen LogP contribution in [0.5, 0.6) is 0 Å². The summed E-state index contributed by atoms with van der Waals surface area (Å²) in [6, 6.07) is 13.1. The fraction of sp³-hybridized carbons (Fsp3) is 0.250. The average Bonchev–Trinajstić information content (AvgIpc) is 2.43. The Bertz CT molecular complexity index is 727. The molecule has 0 radical (unpaired) electrons. The van der Waals surface area contributed by atoms with E-state index in [1.54, 1.807) is 26.0 Å². The maximum Gasteiger partial charge on any atom is 0.240 e. The molecular formula is C16H18ClNO2S. The molecule has 0 atom stereocenters. The van der Waals surface area contributed by atoms with Crippen LogP contribution in [0.25, 0.3) is 0 Å². The maximum atomic E-state index is 12.4. The molecule has 0 unspecified atom stereocenters. The van der Waals surface area contributed by atoms with Gasteiger partial charge in [-0.15, -0.1) is 0 Å². The molecule has 2 rings (SSSR count). The Kier molecular flexibility index (Phi) is 5.04. The molecule has 0 spiro atoms. The molecule has 112 valence electrons. The molecule has 0 heterocycles. The van der Waals surface area contributed by atoms with Crippen molar-refractivity contribution >= 4 is 21.6 Å². The summed E-state index contributed by atoms with van der Waals surface area (Å²) in [7, 11) is -3.51. The molecule has 0 saturated carbocycles. The summed E-state index contributed by atoms with van der Waals surface area (Å²) in [5.41, 5.74) is 2.51. The number of aryl methyl sites for hydroxylation is 2. The van der Waals surface area contributed by atoms with Gasteiger partial charge in [-0.3, -0.25) is 0 Å². The lowest BCUT2D eigenvalue weighted by atomic mass is 10.2. The van der Waals surface area contributed by atoms with Gasteiger partial charge in [0, 0.05) is 11.6 Å². The monoisotopic (exact) mass is 323 g/mol. The minimum Gasteiger partial charge on any atom is -0.211 e. The van der Waals surface area contributed by atoms with Crippen LogP contribution in [0.3, 0.4) is 0 Å². The van der Waals surface area contributed by atoms with Crippen molar-refractivity contribution in [2.45, 2.75) is 25.2 Å². The van der Waals surface area contributed by atoms with Gasteiger partial charge in [0.15, 0.2) is 0 Å². The van der Waals surface area contributed by atoms with Crippen LogP contribution in [0.15, 0.2) is 47.4 Å². The largest absolute Gasteiger partial charge is 0.240 e. The first-order chi connectivity index (χ1) is 9.90. The fourth-order valence-electron chi connectivity index (χ4n) is 2.10. The van der Waals surface area contributed by atoms with Gasteiger partial charge in [0.1, 0.15) is 0 Å². The topological polar surface area (TPSA) is 46.2 Å². The second-order valence-electron chi connectivity index (χ2n) is 5.00. The van der Waals surface area contributed by atoms with E-state index in [-0.39, 0.29) is 4.90 Å². The molecule has 0 aliphatic carbocycles. The molecule has 2 aromatic carbocycles. The zero-order chi connectivity index (χ0) is 15.5. The predicted octanol–water partition coefficient (Wildman–Crippen LogP) is 3.48. The van der Waals surface area contributed by atoms with Crippen molar-refractivity contribution in [3.05, 3.63) is 64.2 Å². The van der Waals surface area contributed by atoms with E-state index in [4.69, 9.17) is 11.6 Å². The maximum absolute atomic E-state index is 12.4. The van der Waals surface area contributed by atoms with E-state index in [9.17, 15) is 8.42 Å². The summed E-state index contributed by atoms with van der Waals surface area (Å²) >= 11 is 6.01. The highest BCUT2D eigenvalue weighted by Crippen LogP contribution is 2.23. The van der Waals surface area contributed by atoms with Gasteiger partial charge in [0.2, 0.25) is 10.0 Å². The summed E-state index contributed by atoms with van der Waals surface area (Å²) in [6.07, 6.45) is 0.658. The molecule has 0 amide bonds. The van der Waals surface area contributed by atoms with Gasteiger partial charge in [-0.1, -0.05) is 41.9 Å². The van der Waals surface area contributed by atoms with Crippen molar-refractivity contribution in [1.82, 2.24) is 4.72 Å². The minimum atomic E-state index is -3.51. The van der Waals surface area contributed by atoms with E-state index in [2.05, 4.69) is 4.72 Å². The quantitative estimate of drug-likeness (QED) is 0.915. The minimum absolute atomic E-state index is 0.289. The van der Waals surface area contributed by atoms with Gasteiger partial charge in [-0.2, -0.15) is 0 Å². The van der Waals surface area contributed by atoms with Gasteiger partial charge in [-0.05, 0) is 49.1 Å². The third kappa shape index (κ3) is 4.06. The highest BCUT2D eigenvalue weighted by atomic mass is 35.5. The van der Waals surface area contributed by atoms with Crippen LogP contribution in [-0.2, 0) is 16.4 Å². The Morgan fingerprint density at radius 3 is 2.38 bits per heavy atom. The van der Waals surface area contributed by atoms with Gasteiger partial charge in [-0.25, -0.2) is 13.1 Å². The molecule has 0 saturated heterocycles. The Labute approximate surface area is 131 Å². The zero-order valence-electron chi connectivity index (χ0n) is 12.1. The van der Waals surface area contributed by atoms with Crippen molar-refractivity contribution in [2.24, 2.45) is 0 Å². The molecule has 0 aromatic heterocycles. The van der Waals surface area contributed by atoms with Crippen molar-refractivity contribution < 1.29 is 8.42 Å². The Morgan fingerprint density at radius 2 is 1.71 bits per heavy atom. The normalized spacial score (nSPS) is 11.6. The van der Waals surface area contributed by atoms with Crippen molar-refractivity contribution in [3.63, 3.8) is 0 Å². The van der Waals surface area contributed by atoms with Gasteiger partial charge in [0.05, 0.1) is 4.90 Å².